The highest BCUT2D eigenvalue weighted by Gasteiger charge is 2.46. The van der Waals surface area contributed by atoms with Gasteiger partial charge in [-0.1, -0.05) is 32.0 Å². The predicted molar refractivity (Wildman–Crippen MR) is 127 cm³/mol. The third kappa shape index (κ3) is 4.65. The number of likely N-dealkylation sites (tertiary alicyclic amines) is 1. The van der Waals surface area contributed by atoms with Gasteiger partial charge in [-0.2, -0.15) is 0 Å². The van der Waals surface area contributed by atoms with Crippen LogP contribution in [0.3, 0.4) is 0 Å². The molecule has 1 aliphatic heterocycles. The maximum Gasteiger partial charge on any atom is 0.311 e. The zero-order valence-electron chi connectivity index (χ0n) is 19.7. The van der Waals surface area contributed by atoms with E-state index in [4.69, 9.17) is 0 Å². The summed E-state index contributed by atoms with van der Waals surface area (Å²) >= 11 is 0. The molecule has 2 N–H and O–H groups in total. The van der Waals surface area contributed by atoms with Crippen molar-refractivity contribution in [1.29, 1.82) is 0 Å². The maximum absolute atomic E-state index is 13.1. The Morgan fingerprint density at radius 2 is 1.76 bits per heavy atom. The normalized spacial score (nSPS) is 17.6. The number of aliphatic hydroxyl groups excluding tert-OH is 1. The summed E-state index contributed by atoms with van der Waals surface area (Å²) in [5.41, 5.74) is 1.86. The van der Waals surface area contributed by atoms with Crippen LogP contribution in [-0.4, -0.2) is 62.8 Å². The van der Waals surface area contributed by atoms with E-state index in [1.807, 2.05) is 27.7 Å². The average Bonchev–Trinajstić information content (AvgIpc) is 3.06. The Bertz CT molecular complexity index is 1170. The van der Waals surface area contributed by atoms with Crippen molar-refractivity contribution in [2.45, 2.75) is 33.7 Å². The molecule has 0 saturated carbocycles. The van der Waals surface area contributed by atoms with E-state index in [0.29, 0.717) is 12.1 Å². The molecule has 3 rings (SSSR count). The molecule has 1 amide bonds. The average molecular weight is 468 g/mol. The van der Waals surface area contributed by atoms with E-state index in [-0.39, 0.29) is 23.4 Å². The van der Waals surface area contributed by atoms with Gasteiger partial charge in [0, 0.05) is 24.7 Å². The Balaban J connectivity index is 2.19. The molecule has 9 nitrogen and oxygen atoms in total. The van der Waals surface area contributed by atoms with Gasteiger partial charge in [0.05, 0.1) is 16.5 Å². The summed E-state index contributed by atoms with van der Waals surface area (Å²) in [6, 6.07) is 7.90. The molecule has 2 aromatic carbocycles. The quantitative estimate of drug-likeness (QED) is 0.199. The summed E-state index contributed by atoms with van der Waals surface area (Å²) < 4.78 is 0. The van der Waals surface area contributed by atoms with Crippen LogP contribution in [0, 0.1) is 24.0 Å². The number of aliphatic hydroxyl groups is 1. The number of carbonyl (C=O) groups excluding carboxylic acids is 2. The van der Waals surface area contributed by atoms with Crippen LogP contribution in [0.1, 0.15) is 42.1 Å². The molecule has 1 heterocycles. The van der Waals surface area contributed by atoms with Gasteiger partial charge in [-0.3, -0.25) is 19.7 Å². The molecule has 2 aromatic rings. The van der Waals surface area contributed by atoms with Crippen molar-refractivity contribution in [2.75, 3.05) is 26.2 Å². The first-order chi connectivity index (χ1) is 16.1. The lowest BCUT2D eigenvalue weighted by atomic mass is 9.94. The van der Waals surface area contributed by atoms with Gasteiger partial charge in [0.2, 0.25) is 0 Å². The third-order valence-corrected chi connectivity index (χ3v) is 6.38. The van der Waals surface area contributed by atoms with Crippen molar-refractivity contribution in [1.82, 2.24) is 9.80 Å². The number of phenols is 1. The van der Waals surface area contributed by atoms with E-state index < -0.39 is 34.1 Å². The molecular formula is C25H29N3O6. The Kier molecular flexibility index (Phi) is 7.36. The Morgan fingerprint density at radius 1 is 1.09 bits per heavy atom. The second-order valence-corrected chi connectivity index (χ2v) is 8.32. The lowest BCUT2D eigenvalue weighted by Gasteiger charge is -2.28. The number of likely N-dealkylation sites (N-methyl/N-ethyl adjacent to an activating group) is 1. The molecule has 9 heteroatoms. The SMILES string of the molecule is CCN(CC)CCN1C(=O)C(=O)/C(=C(\O)c2ccc(C)c(C)c2)C1c1ccc(O)c([N+](=O)[O-])c1. The Morgan fingerprint density at radius 3 is 2.35 bits per heavy atom. The first-order valence-corrected chi connectivity index (χ1v) is 11.2. The summed E-state index contributed by atoms with van der Waals surface area (Å²) in [5, 5.41) is 32.5. The molecule has 0 aliphatic carbocycles. The molecule has 1 aliphatic rings. The number of benzene rings is 2. The van der Waals surface area contributed by atoms with E-state index in [0.717, 1.165) is 36.3 Å². The van der Waals surface area contributed by atoms with Crippen molar-refractivity contribution in [3.8, 4) is 5.75 Å². The largest absolute Gasteiger partial charge is 0.507 e. The number of phenolic OH excluding ortho intramolecular Hbond substituents is 1. The second kappa shape index (κ2) is 10.0. The van der Waals surface area contributed by atoms with Crippen LogP contribution in [-0.2, 0) is 9.59 Å². The predicted octanol–water partition coefficient (Wildman–Crippen LogP) is 3.68. The highest BCUT2D eigenvalue weighted by Crippen LogP contribution is 2.41. The monoisotopic (exact) mass is 467 g/mol. The molecule has 1 atom stereocenters. The lowest BCUT2D eigenvalue weighted by molar-refractivity contribution is -0.385. The van der Waals surface area contributed by atoms with Crippen LogP contribution < -0.4 is 0 Å². The summed E-state index contributed by atoms with van der Waals surface area (Å²) in [4.78, 5) is 40.3. The van der Waals surface area contributed by atoms with Crippen LogP contribution in [0.4, 0.5) is 5.69 Å². The van der Waals surface area contributed by atoms with E-state index in [1.165, 1.54) is 11.0 Å². The molecule has 1 fully saturated rings. The molecular weight excluding hydrogens is 438 g/mol. The number of rotatable bonds is 8. The third-order valence-electron chi connectivity index (χ3n) is 6.38. The van der Waals surface area contributed by atoms with Crippen LogP contribution in [0.5, 0.6) is 5.75 Å². The van der Waals surface area contributed by atoms with Gasteiger partial charge in [-0.25, -0.2) is 0 Å². The Labute approximate surface area is 198 Å². The zero-order chi connectivity index (χ0) is 25.2. The highest BCUT2D eigenvalue weighted by molar-refractivity contribution is 6.46. The second-order valence-electron chi connectivity index (χ2n) is 8.32. The summed E-state index contributed by atoms with van der Waals surface area (Å²) in [6.45, 7) is 9.93. The van der Waals surface area contributed by atoms with E-state index in [2.05, 4.69) is 4.90 Å². The first-order valence-electron chi connectivity index (χ1n) is 11.2. The Hall–Kier alpha value is -3.72. The van der Waals surface area contributed by atoms with Crippen molar-refractivity contribution < 1.29 is 24.7 Å². The van der Waals surface area contributed by atoms with Crippen molar-refractivity contribution >= 4 is 23.1 Å². The molecule has 0 aromatic heterocycles. The lowest BCUT2D eigenvalue weighted by Crippen LogP contribution is -2.38. The van der Waals surface area contributed by atoms with Gasteiger partial charge in [0.1, 0.15) is 5.76 Å². The summed E-state index contributed by atoms with van der Waals surface area (Å²) in [5.74, 6) is -2.50. The number of amides is 1. The minimum atomic E-state index is -1.03. The van der Waals surface area contributed by atoms with Crippen molar-refractivity contribution in [3.05, 3.63) is 74.3 Å². The van der Waals surface area contributed by atoms with Gasteiger partial charge >= 0.3 is 5.69 Å². The molecule has 0 spiro atoms. The molecule has 1 saturated heterocycles. The number of carbonyl (C=O) groups is 2. The van der Waals surface area contributed by atoms with Gasteiger partial charge < -0.3 is 20.0 Å². The number of nitro benzene ring substituents is 1. The van der Waals surface area contributed by atoms with E-state index in [1.54, 1.807) is 18.2 Å². The van der Waals surface area contributed by atoms with Crippen LogP contribution in [0.2, 0.25) is 0 Å². The maximum atomic E-state index is 13.1. The van der Waals surface area contributed by atoms with Crippen LogP contribution in [0.15, 0.2) is 42.0 Å². The van der Waals surface area contributed by atoms with Crippen LogP contribution >= 0.6 is 0 Å². The minimum absolute atomic E-state index is 0.132. The number of hydrogen-bond donors (Lipinski definition) is 2. The van der Waals surface area contributed by atoms with Crippen LogP contribution in [0.25, 0.3) is 5.76 Å². The number of aryl methyl sites for hydroxylation is 2. The summed E-state index contributed by atoms with van der Waals surface area (Å²) in [6.07, 6.45) is 0. The fraction of sp³-hybridized carbons (Fsp3) is 0.360. The van der Waals surface area contributed by atoms with Gasteiger partial charge in [0.25, 0.3) is 11.7 Å². The standard InChI is InChI=1S/C25H29N3O6/c1-5-26(6-2)11-12-27-22(17-9-10-20(29)19(14-17)28(33)34)21(24(31)25(27)32)23(30)18-8-7-15(3)16(4)13-18/h7-10,13-14,22,29-30H,5-6,11-12H2,1-4H3/b23-21-. The smallest absolute Gasteiger partial charge is 0.311 e. The first kappa shape index (κ1) is 24.9. The number of nitro groups is 1. The fourth-order valence-electron chi connectivity index (χ4n) is 4.15. The number of ketones is 1. The van der Waals surface area contributed by atoms with Gasteiger partial charge in [-0.05, 0) is 55.8 Å². The van der Waals surface area contributed by atoms with Crippen molar-refractivity contribution in [2.24, 2.45) is 0 Å². The number of hydrogen-bond acceptors (Lipinski definition) is 7. The van der Waals surface area contributed by atoms with E-state index in [9.17, 15) is 29.9 Å². The van der Waals surface area contributed by atoms with E-state index >= 15 is 0 Å². The van der Waals surface area contributed by atoms with Crippen molar-refractivity contribution in [3.63, 3.8) is 0 Å². The fourth-order valence-corrected chi connectivity index (χ4v) is 4.15. The molecule has 0 bridgehead atoms. The summed E-state index contributed by atoms with van der Waals surface area (Å²) in [7, 11) is 0. The number of nitrogens with zero attached hydrogens (tertiary/aromatic N) is 3. The van der Waals surface area contributed by atoms with Gasteiger partial charge in [-0.15, -0.1) is 0 Å². The number of aromatic hydroxyl groups is 1. The highest BCUT2D eigenvalue weighted by atomic mass is 16.6. The topological polar surface area (TPSA) is 124 Å². The molecule has 34 heavy (non-hydrogen) atoms. The molecule has 1 unspecified atom stereocenters. The zero-order valence-corrected chi connectivity index (χ0v) is 19.7. The molecule has 0 radical (unpaired) electrons. The molecule has 180 valence electrons. The number of Topliss-reactive ketones (excluding diaryl/α,β-unsaturated/α-hetero) is 1. The minimum Gasteiger partial charge on any atom is -0.507 e. The van der Waals surface area contributed by atoms with Gasteiger partial charge in [0.15, 0.2) is 5.75 Å².